The average molecular weight is 349 g/mol. The molecule has 3 rings (SSSR count). The highest BCUT2D eigenvalue weighted by Gasteiger charge is 2.51. The SMILES string of the molecule is CC(=O)N1CC[C@@H](Sc2ncc(B3OC(C)(C)C(C)(C)O3)cn2)C1. The fraction of sp³-hybridized carbons (Fsp3) is 0.688. The molecule has 0 bridgehead atoms. The van der Waals surface area contributed by atoms with Crippen LogP contribution in [0.25, 0.3) is 0 Å². The van der Waals surface area contributed by atoms with Crippen molar-refractivity contribution < 1.29 is 14.1 Å². The van der Waals surface area contributed by atoms with Crippen molar-refractivity contribution in [1.82, 2.24) is 14.9 Å². The predicted octanol–water partition coefficient (Wildman–Crippen LogP) is 1.49. The fourth-order valence-electron chi connectivity index (χ4n) is 2.75. The molecule has 6 nitrogen and oxygen atoms in total. The third kappa shape index (κ3) is 3.46. The standard InChI is InChI=1S/C16H24BN3O3S/c1-11(21)20-7-6-13(10-20)24-14-18-8-12(9-19-14)17-22-15(2,3)16(4,5)23-17/h8-9,13H,6-7,10H2,1-5H3/t13-/m1/s1. The molecule has 1 aromatic rings. The third-order valence-corrected chi connectivity index (χ3v) is 6.18. The zero-order chi connectivity index (χ0) is 17.5. The maximum atomic E-state index is 11.4. The molecule has 2 fully saturated rings. The molecule has 0 aromatic carbocycles. The first-order chi connectivity index (χ1) is 11.2. The van der Waals surface area contributed by atoms with E-state index in [9.17, 15) is 4.79 Å². The van der Waals surface area contributed by atoms with Gasteiger partial charge in [-0.3, -0.25) is 4.79 Å². The lowest BCUT2D eigenvalue weighted by molar-refractivity contribution is -0.127. The Morgan fingerprint density at radius 1 is 1.25 bits per heavy atom. The molecule has 0 aliphatic carbocycles. The summed E-state index contributed by atoms with van der Waals surface area (Å²) in [6, 6.07) is 0. The number of hydrogen-bond acceptors (Lipinski definition) is 6. The van der Waals surface area contributed by atoms with Crippen LogP contribution in [0.15, 0.2) is 17.6 Å². The van der Waals surface area contributed by atoms with Gasteiger partial charge in [0, 0.05) is 43.1 Å². The molecule has 1 amide bonds. The monoisotopic (exact) mass is 349 g/mol. The van der Waals surface area contributed by atoms with E-state index in [-0.39, 0.29) is 17.1 Å². The van der Waals surface area contributed by atoms with Crippen molar-refractivity contribution in [2.75, 3.05) is 13.1 Å². The Balaban J connectivity index is 1.62. The van der Waals surface area contributed by atoms with Gasteiger partial charge < -0.3 is 14.2 Å². The summed E-state index contributed by atoms with van der Waals surface area (Å²) in [4.78, 5) is 22.2. The Morgan fingerprint density at radius 2 is 1.83 bits per heavy atom. The molecule has 0 saturated carbocycles. The summed E-state index contributed by atoms with van der Waals surface area (Å²) in [5.74, 6) is 0.134. The number of thioether (sulfide) groups is 1. The second-order valence-electron chi connectivity index (χ2n) is 7.38. The Labute approximate surface area is 147 Å². The summed E-state index contributed by atoms with van der Waals surface area (Å²) in [6.07, 6.45) is 4.52. The molecule has 8 heteroatoms. The minimum absolute atomic E-state index is 0.134. The van der Waals surface area contributed by atoms with Gasteiger partial charge in [-0.2, -0.15) is 0 Å². The number of hydrogen-bond donors (Lipinski definition) is 0. The van der Waals surface area contributed by atoms with Crippen LogP contribution < -0.4 is 5.46 Å². The minimum atomic E-state index is -0.436. The predicted molar refractivity (Wildman–Crippen MR) is 94.3 cm³/mol. The highest BCUT2D eigenvalue weighted by Crippen LogP contribution is 2.36. The van der Waals surface area contributed by atoms with Crippen LogP contribution in [0.4, 0.5) is 0 Å². The topological polar surface area (TPSA) is 64.6 Å². The quantitative estimate of drug-likeness (QED) is 0.609. The van der Waals surface area contributed by atoms with Crippen molar-refractivity contribution in [3.05, 3.63) is 12.4 Å². The molecule has 3 heterocycles. The summed E-state index contributed by atoms with van der Waals surface area (Å²) in [7, 11) is -0.436. The minimum Gasteiger partial charge on any atom is -0.399 e. The lowest BCUT2D eigenvalue weighted by Crippen LogP contribution is -2.41. The highest BCUT2D eigenvalue weighted by molar-refractivity contribution is 7.99. The zero-order valence-electron chi connectivity index (χ0n) is 14.9. The first kappa shape index (κ1) is 17.7. The molecule has 24 heavy (non-hydrogen) atoms. The summed E-state index contributed by atoms with van der Waals surface area (Å²) in [5, 5.41) is 1.09. The molecule has 2 aliphatic rings. The Morgan fingerprint density at radius 3 is 2.33 bits per heavy atom. The Hall–Kier alpha value is -1.12. The highest BCUT2D eigenvalue weighted by atomic mass is 32.2. The van der Waals surface area contributed by atoms with Crippen LogP contribution in [0, 0.1) is 0 Å². The second kappa shape index (κ2) is 6.31. The van der Waals surface area contributed by atoms with E-state index in [1.807, 2.05) is 32.6 Å². The van der Waals surface area contributed by atoms with Crippen LogP contribution in [-0.2, 0) is 14.1 Å². The molecule has 1 aromatic heterocycles. The molecule has 0 radical (unpaired) electrons. The smallest absolute Gasteiger partial charge is 0.399 e. The number of carbonyl (C=O) groups excluding carboxylic acids is 1. The van der Waals surface area contributed by atoms with Crippen LogP contribution in [0.3, 0.4) is 0 Å². The molecule has 0 N–H and O–H groups in total. The van der Waals surface area contributed by atoms with Gasteiger partial charge in [0.15, 0.2) is 5.16 Å². The number of nitrogens with zero attached hydrogens (tertiary/aromatic N) is 3. The second-order valence-corrected chi connectivity index (χ2v) is 8.65. The van der Waals surface area contributed by atoms with E-state index in [2.05, 4.69) is 9.97 Å². The van der Waals surface area contributed by atoms with E-state index in [0.717, 1.165) is 30.1 Å². The molecule has 0 spiro atoms. The zero-order valence-corrected chi connectivity index (χ0v) is 15.7. The number of rotatable bonds is 3. The molecular formula is C16H24BN3O3S. The molecule has 1 atom stereocenters. The molecule has 2 saturated heterocycles. The molecule has 2 aliphatic heterocycles. The molecule has 0 unspecified atom stereocenters. The lowest BCUT2D eigenvalue weighted by Gasteiger charge is -2.32. The van der Waals surface area contributed by atoms with Crippen LogP contribution >= 0.6 is 11.8 Å². The van der Waals surface area contributed by atoms with Crippen LogP contribution in [0.5, 0.6) is 0 Å². The van der Waals surface area contributed by atoms with Crippen molar-refractivity contribution in [3.63, 3.8) is 0 Å². The van der Waals surface area contributed by atoms with Gasteiger partial charge >= 0.3 is 7.12 Å². The van der Waals surface area contributed by atoms with Gasteiger partial charge in [0.05, 0.1) is 11.2 Å². The van der Waals surface area contributed by atoms with E-state index in [1.165, 1.54) is 0 Å². The van der Waals surface area contributed by atoms with E-state index in [4.69, 9.17) is 9.31 Å². The summed E-state index contributed by atoms with van der Waals surface area (Å²) >= 11 is 1.63. The Kier molecular flexibility index (Phi) is 4.66. The number of amides is 1. The summed E-state index contributed by atoms with van der Waals surface area (Å²) in [6.45, 7) is 11.3. The Bertz CT molecular complexity index is 607. The van der Waals surface area contributed by atoms with Crippen molar-refractivity contribution >= 4 is 30.3 Å². The van der Waals surface area contributed by atoms with Gasteiger partial charge in [-0.1, -0.05) is 11.8 Å². The molecular weight excluding hydrogens is 325 g/mol. The van der Waals surface area contributed by atoms with Crippen LogP contribution in [0.1, 0.15) is 41.0 Å². The van der Waals surface area contributed by atoms with Gasteiger partial charge in [0.1, 0.15) is 0 Å². The van der Waals surface area contributed by atoms with E-state index in [1.54, 1.807) is 31.1 Å². The number of carbonyl (C=O) groups is 1. The van der Waals surface area contributed by atoms with Gasteiger partial charge in [-0.15, -0.1) is 0 Å². The average Bonchev–Trinajstić information content (AvgIpc) is 3.03. The summed E-state index contributed by atoms with van der Waals surface area (Å²) < 4.78 is 12.0. The fourth-order valence-corrected chi connectivity index (χ4v) is 3.75. The maximum Gasteiger partial charge on any atom is 0.498 e. The van der Waals surface area contributed by atoms with E-state index < -0.39 is 7.12 Å². The lowest BCUT2D eigenvalue weighted by atomic mass is 9.81. The van der Waals surface area contributed by atoms with Gasteiger partial charge in [-0.25, -0.2) is 9.97 Å². The summed E-state index contributed by atoms with van der Waals surface area (Å²) in [5.41, 5.74) is 0.0886. The first-order valence-electron chi connectivity index (χ1n) is 8.28. The van der Waals surface area contributed by atoms with Gasteiger partial charge in [-0.05, 0) is 34.1 Å². The van der Waals surface area contributed by atoms with E-state index >= 15 is 0 Å². The third-order valence-electron chi connectivity index (χ3n) is 5.04. The largest absolute Gasteiger partial charge is 0.498 e. The van der Waals surface area contributed by atoms with Crippen molar-refractivity contribution in [2.45, 2.75) is 62.6 Å². The number of aromatic nitrogens is 2. The van der Waals surface area contributed by atoms with Crippen LogP contribution in [0.2, 0.25) is 0 Å². The van der Waals surface area contributed by atoms with Crippen molar-refractivity contribution in [3.8, 4) is 0 Å². The normalized spacial score (nSPS) is 25.3. The van der Waals surface area contributed by atoms with E-state index in [0.29, 0.717) is 5.25 Å². The van der Waals surface area contributed by atoms with Gasteiger partial charge in [0.25, 0.3) is 0 Å². The van der Waals surface area contributed by atoms with Crippen LogP contribution in [-0.4, -0.2) is 57.4 Å². The molecule has 130 valence electrons. The maximum absolute atomic E-state index is 11.4. The first-order valence-corrected chi connectivity index (χ1v) is 9.16. The van der Waals surface area contributed by atoms with Crippen molar-refractivity contribution in [1.29, 1.82) is 0 Å². The van der Waals surface area contributed by atoms with Gasteiger partial charge in [0.2, 0.25) is 5.91 Å². The number of likely N-dealkylation sites (tertiary alicyclic amines) is 1. The van der Waals surface area contributed by atoms with Crippen molar-refractivity contribution in [2.24, 2.45) is 0 Å².